The Kier molecular flexibility index (Phi) is 11.3. The lowest BCUT2D eigenvalue weighted by Crippen LogP contribution is -2.57. The fourth-order valence-electron chi connectivity index (χ4n) is 2.63. The second-order valence-electron chi connectivity index (χ2n) is 5.95. The number of rotatable bonds is 5. The average molecular weight is 310 g/mol. The van der Waals surface area contributed by atoms with Crippen LogP contribution in [-0.4, -0.2) is 68.1 Å². The molecular weight excluding hydrogens is 270 g/mol. The van der Waals surface area contributed by atoms with Gasteiger partial charge < -0.3 is 9.80 Å². The Morgan fingerprint density at radius 2 is 1.59 bits per heavy atom. The molecule has 1 saturated heterocycles. The third kappa shape index (κ3) is 6.97. The quantitative estimate of drug-likeness (QED) is 0.764. The number of hydrogen-bond donors (Lipinski definition) is 0. The van der Waals surface area contributed by atoms with Crippen molar-refractivity contribution in [1.29, 1.82) is 0 Å². The summed E-state index contributed by atoms with van der Waals surface area (Å²) in [6.45, 7) is 15.0. The summed E-state index contributed by atoms with van der Waals surface area (Å²) in [6, 6.07) is 0.769. The lowest BCUT2D eigenvalue weighted by atomic mass is 10.0. The first-order valence-electron chi connectivity index (χ1n) is 9.02. The van der Waals surface area contributed by atoms with E-state index in [2.05, 4.69) is 54.9 Å². The molecule has 0 bridgehead atoms. The number of hydrogen-bond acceptors (Lipinski definition) is 3. The van der Waals surface area contributed by atoms with Crippen molar-refractivity contribution in [2.75, 3.05) is 47.3 Å². The van der Waals surface area contributed by atoms with Crippen molar-refractivity contribution in [3.63, 3.8) is 0 Å². The molecule has 0 amide bonds. The Morgan fingerprint density at radius 1 is 1.00 bits per heavy atom. The molecule has 0 saturated carbocycles. The van der Waals surface area contributed by atoms with Gasteiger partial charge in [0.15, 0.2) is 0 Å². The van der Waals surface area contributed by atoms with E-state index in [1.807, 2.05) is 27.7 Å². The zero-order valence-electron chi connectivity index (χ0n) is 16.3. The zero-order valence-corrected chi connectivity index (χ0v) is 16.3. The fraction of sp³-hybridized carbons (Fsp3) is 0.789. The van der Waals surface area contributed by atoms with Gasteiger partial charge in [-0.25, -0.2) is 0 Å². The summed E-state index contributed by atoms with van der Waals surface area (Å²) < 4.78 is 0. The van der Waals surface area contributed by atoms with E-state index >= 15 is 0 Å². The van der Waals surface area contributed by atoms with Crippen LogP contribution in [0, 0.1) is 0 Å². The molecule has 130 valence electrons. The van der Waals surface area contributed by atoms with E-state index in [9.17, 15) is 0 Å². The number of likely N-dealkylation sites (N-methyl/N-ethyl adjacent to an activating group) is 3. The van der Waals surface area contributed by atoms with E-state index in [-0.39, 0.29) is 0 Å². The molecule has 0 atom stereocenters. The number of allylic oxidation sites excluding steroid dienone is 4. The van der Waals surface area contributed by atoms with Crippen molar-refractivity contribution in [3.05, 3.63) is 23.4 Å². The molecule has 0 aromatic rings. The highest BCUT2D eigenvalue weighted by Crippen LogP contribution is 2.20. The second kappa shape index (κ2) is 11.7. The smallest absolute Gasteiger partial charge is 0.0347 e. The van der Waals surface area contributed by atoms with Crippen molar-refractivity contribution in [1.82, 2.24) is 14.7 Å². The van der Waals surface area contributed by atoms with Crippen LogP contribution in [-0.2, 0) is 0 Å². The summed E-state index contributed by atoms with van der Waals surface area (Å²) >= 11 is 0. The van der Waals surface area contributed by atoms with Crippen molar-refractivity contribution < 1.29 is 0 Å². The van der Waals surface area contributed by atoms with Crippen LogP contribution in [0.2, 0.25) is 0 Å². The van der Waals surface area contributed by atoms with Crippen LogP contribution in [0.1, 0.15) is 47.5 Å². The molecule has 0 N–H and O–H groups in total. The molecule has 22 heavy (non-hydrogen) atoms. The van der Waals surface area contributed by atoms with Gasteiger partial charge in [-0.1, -0.05) is 39.3 Å². The third-order valence-electron chi connectivity index (χ3n) is 4.28. The molecule has 1 aliphatic carbocycles. The number of nitrogens with zero attached hydrogens (tertiary/aromatic N) is 3. The van der Waals surface area contributed by atoms with Gasteiger partial charge in [0, 0.05) is 45.0 Å². The normalized spacial score (nSPS) is 18.2. The summed E-state index contributed by atoms with van der Waals surface area (Å²) in [5, 5.41) is 0. The summed E-state index contributed by atoms with van der Waals surface area (Å²) in [5.74, 6) is 0. The van der Waals surface area contributed by atoms with E-state index in [4.69, 9.17) is 0 Å². The molecule has 1 heterocycles. The first kappa shape index (κ1) is 21.2. The molecule has 3 heteroatoms. The summed E-state index contributed by atoms with van der Waals surface area (Å²) in [5.41, 5.74) is 2.99. The maximum atomic E-state index is 2.50. The molecule has 0 radical (unpaired) electrons. The Labute approximate surface area is 139 Å². The van der Waals surface area contributed by atoms with Crippen molar-refractivity contribution in [2.24, 2.45) is 0 Å². The summed E-state index contributed by atoms with van der Waals surface area (Å²) in [4.78, 5) is 7.30. The lowest BCUT2D eigenvalue weighted by Gasteiger charge is -2.42. The minimum Gasteiger partial charge on any atom is -0.377 e. The highest BCUT2D eigenvalue weighted by atomic mass is 15.3. The molecule has 1 aliphatic heterocycles. The molecule has 0 unspecified atom stereocenters. The van der Waals surface area contributed by atoms with Gasteiger partial charge in [-0.15, -0.1) is 0 Å². The van der Waals surface area contributed by atoms with Gasteiger partial charge in [-0.2, -0.15) is 0 Å². The maximum absolute atomic E-state index is 2.50. The first-order valence-corrected chi connectivity index (χ1v) is 9.02. The van der Waals surface area contributed by atoms with Gasteiger partial charge in [0.2, 0.25) is 0 Å². The van der Waals surface area contributed by atoms with Crippen molar-refractivity contribution in [3.8, 4) is 0 Å². The lowest BCUT2D eigenvalue weighted by molar-refractivity contribution is 0.0668. The van der Waals surface area contributed by atoms with Crippen LogP contribution in [0.5, 0.6) is 0 Å². The molecule has 1 fully saturated rings. The van der Waals surface area contributed by atoms with Crippen LogP contribution in [0.3, 0.4) is 0 Å². The van der Waals surface area contributed by atoms with Gasteiger partial charge in [0.1, 0.15) is 0 Å². The van der Waals surface area contributed by atoms with Crippen LogP contribution in [0.25, 0.3) is 0 Å². The third-order valence-corrected chi connectivity index (χ3v) is 4.28. The SMILES string of the molecule is CC.CC.CC1=CC=C(N(C)CCN(C)C2CN(C)C2)CC1. The topological polar surface area (TPSA) is 9.72 Å². The molecule has 2 aliphatic rings. The first-order chi connectivity index (χ1) is 10.6. The van der Waals surface area contributed by atoms with Crippen LogP contribution in [0.4, 0.5) is 0 Å². The predicted molar refractivity (Wildman–Crippen MR) is 100 cm³/mol. The van der Waals surface area contributed by atoms with Gasteiger partial charge in [0.25, 0.3) is 0 Å². The monoisotopic (exact) mass is 309 g/mol. The molecule has 0 aromatic heterocycles. The Morgan fingerprint density at radius 3 is 2.05 bits per heavy atom. The van der Waals surface area contributed by atoms with E-state index in [0.29, 0.717) is 0 Å². The highest BCUT2D eigenvalue weighted by molar-refractivity contribution is 5.21. The molecule has 0 spiro atoms. The van der Waals surface area contributed by atoms with Gasteiger partial charge >= 0.3 is 0 Å². The maximum Gasteiger partial charge on any atom is 0.0347 e. The highest BCUT2D eigenvalue weighted by Gasteiger charge is 2.26. The molecule has 0 aromatic carbocycles. The van der Waals surface area contributed by atoms with E-state index in [1.54, 1.807) is 0 Å². The van der Waals surface area contributed by atoms with Gasteiger partial charge in [-0.3, -0.25) is 4.90 Å². The van der Waals surface area contributed by atoms with E-state index in [0.717, 1.165) is 19.1 Å². The summed E-state index contributed by atoms with van der Waals surface area (Å²) in [6.07, 6.45) is 6.98. The average Bonchev–Trinajstić information content (AvgIpc) is 2.54. The predicted octanol–water partition coefficient (Wildman–Crippen LogP) is 3.84. The second-order valence-corrected chi connectivity index (χ2v) is 5.95. The van der Waals surface area contributed by atoms with Gasteiger partial charge in [0.05, 0.1) is 0 Å². The number of likely N-dealkylation sites (tertiary alicyclic amines) is 1. The zero-order chi connectivity index (χ0) is 17.1. The fourth-order valence-corrected chi connectivity index (χ4v) is 2.63. The molecule has 2 rings (SSSR count). The Hall–Kier alpha value is -0.800. The molecule has 3 nitrogen and oxygen atoms in total. The van der Waals surface area contributed by atoms with Crippen LogP contribution < -0.4 is 0 Å². The van der Waals surface area contributed by atoms with E-state index in [1.165, 1.54) is 37.2 Å². The standard InChI is InChI=1S/C15H27N3.2C2H6/c1-13-5-7-14(8-6-13)17(3)9-10-18(4)15-11-16(2)12-15;2*1-2/h5,7,15H,6,8-12H2,1-4H3;2*1-2H3. The largest absolute Gasteiger partial charge is 0.377 e. The van der Waals surface area contributed by atoms with Crippen LogP contribution >= 0.6 is 0 Å². The van der Waals surface area contributed by atoms with Crippen molar-refractivity contribution >= 4 is 0 Å². The Balaban J connectivity index is 0.00000102. The molecular formula is C19H39N3. The van der Waals surface area contributed by atoms with Crippen molar-refractivity contribution in [2.45, 2.75) is 53.5 Å². The van der Waals surface area contributed by atoms with Crippen LogP contribution in [0.15, 0.2) is 23.4 Å². The van der Waals surface area contributed by atoms with Gasteiger partial charge in [-0.05, 0) is 39.9 Å². The van der Waals surface area contributed by atoms with E-state index < -0.39 is 0 Å². The minimum absolute atomic E-state index is 0.769. The summed E-state index contributed by atoms with van der Waals surface area (Å²) in [7, 11) is 6.67. The minimum atomic E-state index is 0.769. The Bertz CT molecular complexity index is 341.